The first-order valence-corrected chi connectivity index (χ1v) is 12.2. The molecular weight excluding hydrogens is 442 g/mol. The largest absolute Gasteiger partial charge is 0.493 e. The highest BCUT2D eigenvalue weighted by atomic mass is 16.6. The highest BCUT2D eigenvalue weighted by Crippen LogP contribution is 2.33. The van der Waals surface area contributed by atoms with Gasteiger partial charge in [0.2, 0.25) is 0 Å². The number of ether oxygens (including phenoxy) is 3. The van der Waals surface area contributed by atoms with Crippen molar-refractivity contribution in [2.24, 2.45) is 0 Å². The Morgan fingerprint density at radius 2 is 1.80 bits per heavy atom. The predicted molar refractivity (Wildman–Crippen MR) is 140 cm³/mol. The van der Waals surface area contributed by atoms with Crippen molar-refractivity contribution in [1.82, 2.24) is 4.90 Å². The number of hydrogen-bond acceptors (Lipinski definition) is 5. The highest BCUT2D eigenvalue weighted by Gasteiger charge is 2.20. The molecule has 6 heteroatoms. The highest BCUT2D eigenvalue weighted by molar-refractivity contribution is 5.93. The molecule has 0 aromatic heterocycles. The van der Waals surface area contributed by atoms with Gasteiger partial charge in [-0.25, -0.2) is 9.59 Å². The molecule has 190 valence electrons. The van der Waals surface area contributed by atoms with Crippen LogP contribution in [-0.2, 0) is 20.8 Å². The number of rotatable bonds is 10. The van der Waals surface area contributed by atoms with Crippen LogP contribution in [-0.4, -0.2) is 42.8 Å². The maximum absolute atomic E-state index is 12.4. The van der Waals surface area contributed by atoms with Crippen LogP contribution >= 0.6 is 0 Å². The van der Waals surface area contributed by atoms with Crippen LogP contribution in [0.25, 0.3) is 17.2 Å². The van der Waals surface area contributed by atoms with Gasteiger partial charge in [-0.1, -0.05) is 43.7 Å². The van der Waals surface area contributed by atoms with Gasteiger partial charge in [-0.2, -0.15) is 0 Å². The van der Waals surface area contributed by atoms with Crippen molar-refractivity contribution in [2.75, 3.05) is 20.3 Å². The summed E-state index contributed by atoms with van der Waals surface area (Å²) in [4.78, 5) is 26.0. The molecule has 0 atom stereocenters. The minimum Gasteiger partial charge on any atom is -0.493 e. The van der Waals surface area contributed by atoms with Crippen LogP contribution in [0.15, 0.2) is 48.0 Å². The minimum atomic E-state index is -0.542. The number of nitrogens with zero attached hydrogens (tertiary/aromatic N) is 1. The summed E-state index contributed by atoms with van der Waals surface area (Å²) in [6.45, 7) is 12.6. The molecule has 1 amide bonds. The second-order valence-corrected chi connectivity index (χ2v) is 9.54. The van der Waals surface area contributed by atoms with E-state index < -0.39 is 5.60 Å². The lowest BCUT2D eigenvalue weighted by Crippen LogP contribution is -2.33. The Bertz CT molecular complexity index is 1040. The first-order chi connectivity index (χ1) is 16.5. The summed E-state index contributed by atoms with van der Waals surface area (Å²) in [7, 11) is 1.73. The Hall–Kier alpha value is -3.28. The lowest BCUT2D eigenvalue weighted by atomic mass is 9.99. The van der Waals surface area contributed by atoms with Crippen LogP contribution in [0.5, 0.6) is 5.75 Å². The molecule has 0 N–H and O–H groups in total. The van der Waals surface area contributed by atoms with E-state index in [4.69, 9.17) is 14.2 Å². The van der Waals surface area contributed by atoms with Gasteiger partial charge in [-0.05, 0) is 75.9 Å². The van der Waals surface area contributed by atoms with E-state index >= 15 is 0 Å². The van der Waals surface area contributed by atoms with Gasteiger partial charge in [0.15, 0.2) is 0 Å². The summed E-state index contributed by atoms with van der Waals surface area (Å²) in [5.41, 5.74) is 3.79. The number of unbranched alkanes of at least 4 members (excludes halogenated alkanes) is 1. The molecule has 6 nitrogen and oxygen atoms in total. The topological polar surface area (TPSA) is 65.1 Å². The molecule has 0 spiro atoms. The van der Waals surface area contributed by atoms with Crippen LogP contribution in [0.2, 0.25) is 0 Å². The molecule has 0 fully saturated rings. The fourth-order valence-electron chi connectivity index (χ4n) is 3.38. The van der Waals surface area contributed by atoms with Crippen molar-refractivity contribution >= 4 is 18.1 Å². The number of amides is 1. The lowest BCUT2D eigenvalue weighted by Gasteiger charge is -2.24. The normalized spacial score (nSPS) is 11.7. The van der Waals surface area contributed by atoms with E-state index in [1.54, 1.807) is 31.9 Å². The summed E-state index contributed by atoms with van der Waals surface area (Å²) >= 11 is 0. The fraction of sp³-hybridized carbons (Fsp3) is 0.448. The molecule has 0 aliphatic carbocycles. The van der Waals surface area contributed by atoms with E-state index in [-0.39, 0.29) is 12.1 Å². The average Bonchev–Trinajstić information content (AvgIpc) is 2.78. The zero-order valence-corrected chi connectivity index (χ0v) is 22.1. The van der Waals surface area contributed by atoms with Crippen molar-refractivity contribution < 1.29 is 23.8 Å². The molecule has 0 heterocycles. The van der Waals surface area contributed by atoms with Crippen molar-refractivity contribution in [2.45, 2.75) is 66.5 Å². The number of esters is 1. The van der Waals surface area contributed by atoms with Crippen molar-refractivity contribution in [1.29, 1.82) is 0 Å². The monoisotopic (exact) mass is 481 g/mol. The third kappa shape index (κ3) is 9.12. The maximum Gasteiger partial charge on any atom is 0.410 e. The molecule has 0 saturated heterocycles. The molecule has 0 radical (unpaired) electrons. The van der Waals surface area contributed by atoms with Gasteiger partial charge >= 0.3 is 12.1 Å². The Kier molecular flexibility index (Phi) is 10.4. The van der Waals surface area contributed by atoms with Crippen LogP contribution in [0.4, 0.5) is 4.79 Å². The molecule has 2 aromatic rings. The standard InChI is InChI=1S/C29H39NO5/c1-8-10-16-34-26-19-22(17-21(3)27(31)33-9-2)14-15-25(26)24-13-11-12-23(18-24)20-30(7)28(32)35-29(4,5)6/h11-15,17-19H,8-10,16,20H2,1-7H3/b21-17+. The van der Waals surface area contributed by atoms with Gasteiger partial charge in [-0.15, -0.1) is 0 Å². The molecule has 0 unspecified atom stereocenters. The van der Waals surface area contributed by atoms with Crippen molar-refractivity contribution in [3.8, 4) is 16.9 Å². The number of carbonyl (C=O) groups is 2. The first-order valence-electron chi connectivity index (χ1n) is 12.2. The zero-order valence-electron chi connectivity index (χ0n) is 22.1. The van der Waals surface area contributed by atoms with Gasteiger partial charge in [0.25, 0.3) is 0 Å². The van der Waals surface area contributed by atoms with Crippen LogP contribution in [0, 0.1) is 0 Å². The molecule has 2 rings (SSSR count). The Balaban J connectivity index is 2.33. The summed E-state index contributed by atoms with van der Waals surface area (Å²) in [5, 5.41) is 0. The van der Waals surface area contributed by atoms with Gasteiger partial charge in [-0.3, -0.25) is 0 Å². The van der Waals surface area contributed by atoms with E-state index in [0.29, 0.717) is 25.3 Å². The zero-order chi connectivity index (χ0) is 26.0. The summed E-state index contributed by atoms with van der Waals surface area (Å²) in [6.07, 6.45) is 3.42. The number of hydrogen-bond donors (Lipinski definition) is 0. The molecule has 35 heavy (non-hydrogen) atoms. The van der Waals surface area contributed by atoms with Crippen LogP contribution in [0.1, 0.15) is 65.5 Å². The third-order valence-corrected chi connectivity index (χ3v) is 5.10. The van der Waals surface area contributed by atoms with Gasteiger partial charge < -0.3 is 19.1 Å². The third-order valence-electron chi connectivity index (χ3n) is 5.10. The van der Waals surface area contributed by atoms with Gasteiger partial charge in [0.1, 0.15) is 11.4 Å². The number of benzene rings is 2. The molecule has 0 aliphatic rings. The smallest absolute Gasteiger partial charge is 0.410 e. The molecule has 0 saturated carbocycles. The Labute approximate surface area is 209 Å². The summed E-state index contributed by atoms with van der Waals surface area (Å²) < 4.78 is 16.7. The van der Waals surface area contributed by atoms with Crippen molar-refractivity contribution in [3.05, 3.63) is 59.2 Å². The van der Waals surface area contributed by atoms with E-state index in [0.717, 1.165) is 40.8 Å². The van der Waals surface area contributed by atoms with Crippen LogP contribution < -0.4 is 4.74 Å². The summed E-state index contributed by atoms with van der Waals surface area (Å²) in [5.74, 6) is 0.424. The predicted octanol–water partition coefficient (Wildman–Crippen LogP) is 6.87. The first kappa shape index (κ1) is 28.0. The molecule has 0 bridgehead atoms. The van der Waals surface area contributed by atoms with E-state index in [1.807, 2.05) is 57.2 Å². The SMILES string of the molecule is CCCCOc1cc(/C=C(\C)C(=O)OCC)ccc1-c1cccc(CN(C)C(=O)OC(C)(C)C)c1. The maximum atomic E-state index is 12.4. The second-order valence-electron chi connectivity index (χ2n) is 9.54. The van der Waals surface area contributed by atoms with Gasteiger partial charge in [0.05, 0.1) is 13.2 Å². The van der Waals surface area contributed by atoms with E-state index in [1.165, 1.54) is 0 Å². The minimum absolute atomic E-state index is 0.327. The quantitative estimate of drug-likeness (QED) is 0.211. The van der Waals surface area contributed by atoms with E-state index in [2.05, 4.69) is 13.0 Å². The van der Waals surface area contributed by atoms with Crippen molar-refractivity contribution in [3.63, 3.8) is 0 Å². The average molecular weight is 482 g/mol. The molecule has 0 aliphatic heterocycles. The Morgan fingerprint density at radius 3 is 2.46 bits per heavy atom. The fourth-order valence-corrected chi connectivity index (χ4v) is 3.38. The molecule has 2 aromatic carbocycles. The van der Waals surface area contributed by atoms with Gasteiger partial charge in [0, 0.05) is 24.7 Å². The molecular formula is C29H39NO5. The Morgan fingerprint density at radius 1 is 1.06 bits per heavy atom. The van der Waals surface area contributed by atoms with Crippen LogP contribution in [0.3, 0.4) is 0 Å². The summed E-state index contributed by atoms with van der Waals surface area (Å²) in [6, 6.07) is 14.0. The number of carbonyl (C=O) groups excluding carboxylic acids is 2. The lowest BCUT2D eigenvalue weighted by molar-refractivity contribution is -0.138. The van der Waals surface area contributed by atoms with E-state index in [9.17, 15) is 9.59 Å². The second kappa shape index (κ2) is 13.0.